The van der Waals surface area contributed by atoms with Gasteiger partial charge in [0, 0.05) is 6.54 Å². The van der Waals surface area contributed by atoms with Gasteiger partial charge in [0.2, 0.25) is 0 Å². The fourth-order valence-electron chi connectivity index (χ4n) is 1.67. The molecule has 11 heavy (non-hydrogen) atoms. The van der Waals surface area contributed by atoms with E-state index < -0.39 is 0 Å². The number of methoxy groups -OCH3 is 1. The number of carbonyl (C=O) groups excluding carboxylic acids is 1. The van der Waals surface area contributed by atoms with Crippen molar-refractivity contribution in [3.05, 3.63) is 0 Å². The molecule has 1 saturated heterocycles. The molecular weight excluding hydrogens is 142 g/mol. The number of hydrogen-bond acceptors (Lipinski definition) is 3. The summed E-state index contributed by atoms with van der Waals surface area (Å²) in [7, 11) is 3.41. The molecule has 2 atom stereocenters. The van der Waals surface area contributed by atoms with E-state index in [9.17, 15) is 4.79 Å². The van der Waals surface area contributed by atoms with Crippen molar-refractivity contribution in [2.24, 2.45) is 5.92 Å². The van der Waals surface area contributed by atoms with Gasteiger partial charge in [0.25, 0.3) is 0 Å². The SMILES string of the molecule is COC(=O)C1C[C@@H](C)CN1C. The zero-order valence-electron chi connectivity index (χ0n) is 7.33. The molecule has 1 unspecified atom stereocenters. The van der Waals surface area contributed by atoms with Crippen LogP contribution >= 0.6 is 0 Å². The third kappa shape index (κ3) is 1.71. The second-order valence-electron chi connectivity index (χ2n) is 3.32. The van der Waals surface area contributed by atoms with E-state index in [2.05, 4.69) is 16.6 Å². The van der Waals surface area contributed by atoms with E-state index >= 15 is 0 Å². The first-order valence-electron chi connectivity index (χ1n) is 3.93. The maximum atomic E-state index is 11.1. The normalized spacial score (nSPS) is 32.3. The Labute approximate surface area is 67.3 Å². The smallest absolute Gasteiger partial charge is 0.323 e. The quantitative estimate of drug-likeness (QED) is 0.519. The van der Waals surface area contributed by atoms with Crippen LogP contribution in [0.25, 0.3) is 0 Å². The first kappa shape index (κ1) is 8.53. The number of hydrogen-bond donors (Lipinski definition) is 0. The van der Waals surface area contributed by atoms with Crippen molar-refractivity contribution in [3.63, 3.8) is 0 Å². The number of likely N-dealkylation sites (tertiary alicyclic amines) is 1. The van der Waals surface area contributed by atoms with Crippen molar-refractivity contribution < 1.29 is 9.53 Å². The molecule has 0 aromatic carbocycles. The van der Waals surface area contributed by atoms with Crippen molar-refractivity contribution in [1.29, 1.82) is 0 Å². The van der Waals surface area contributed by atoms with E-state index in [-0.39, 0.29) is 12.0 Å². The maximum absolute atomic E-state index is 11.1. The zero-order chi connectivity index (χ0) is 8.43. The highest BCUT2D eigenvalue weighted by Crippen LogP contribution is 2.21. The Hall–Kier alpha value is -0.570. The molecule has 0 N–H and O–H groups in total. The summed E-state index contributed by atoms with van der Waals surface area (Å²) in [5, 5.41) is 0. The first-order chi connectivity index (χ1) is 5.15. The van der Waals surface area contributed by atoms with E-state index in [1.54, 1.807) is 0 Å². The van der Waals surface area contributed by atoms with Gasteiger partial charge < -0.3 is 4.74 Å². The lowest BCUT2D eigenvalue weighted by atomic mass is 10.1. The molecule has 0 aromatic heterocycles. The molecule has 64 valence electrons. The van der Waals surface area contributed by atoms with Gasteiger partial charge in [-0.25, -0.2) is 0 Å². The average molecular weight is 157 g/mol. The Morgan fingerprint density at radius 2 is 2.27 bits per heavy atom. The molecule has 0 radical (unpaired) electrons. The van der Waals surface area contributed by atoms with Crippen LogP contribution < -0.4 is 0 Å². The molecule has 1 fully saturated rings. The first-order valence-corrected chi connectivity index (χ1v) is 3.93. The summed E-state index contributed by atoms with van der Waals surface area (Å²) in [5.74, 6) is 0.515. The van der Waals surface area contributed by atoms with Crippen LogP contribution in [0.3, 0.4) is 0 Å². The molecule has 0 bridgehead atoms. The molecule has 1 rings (SSSR count). The fraction of sp³-hybridized carbons (Fsp3) is 0.875. The van der Waals surface area contributed by atoms with E-state index in [1.165, 1.54) is 7.11 Å². The minimum absolute atomic E-state index is 0.00463. The molecule has 3 heteroatoms. The number of carbonyl (C=O) groups is 1. The average Bonchev–Trinajstić information content (AvgIpc) is 2.28. The van der Waals surface area contributed by atoms with Crippen LogP contribution in [0.2, 0.25) is 0 Å². The van der Waals surface area contributed by atoms with Gasteiger partial charge in [0.1, 0.15) is 6.04 Å². The number of esters is 1. The highest BCUT2D eigenvalue weighted by molar-refractivity contribution is 5.75. The fourth-order valence-corrected chi connectivity index (χ4v) is 1.67. The van der Waals surface area contributed by atoms with Crippen molar-refractivity contribution in [2.75, 3.05) is 20.7 Å². The van der Waals surface area contributed by atoms with Crippen LogP contribution in [0, 0.1) is 5.92 Å². The number of likely N-dealkylation sites (N-methyl/N-ethyl adjacent to an activating group) is 1. The van der Waals surface area contributed by atoms with Crippen LogP contribution in [-0.4, -0.2) is 37.6 Å². The summed E-state index contributed by atoms with van der Waals surface area (Å²) in [6, 6.07) is -0.00463. The molecular formula is C8H15NO2. The van der Waals surface area contributed by atoms with E-state index in [0.29, 0.717) is 5.92 Å². The Balaban J connectivity index is 2.52. The lowest BCUT2D eigenvalue weighted by Gasteiger charge is -2.15. The summed E-state index contributed by atoms with van der Waals surface area (Å²) in [6.45, 7) is 3.15. The van der Waals surface area contributed by atoms with Crippen molar-refractivity contribution in [3.8, 4) is 0 Å². The van der Waals surface area contributed by atoms with Gasteiger partial charge in [-0.1, -0.05) is 6.92 Å². The van der Waals surface area contributed by atoms with Crippen LogP contribution in [0.1, 0.15) is 13.3 Å². The number of rotatable bonds is 1. The number of nitrogens with zero attached hydrogens (tertiary/aromatic N) is 1. The van der Waals surface area contributed by atoms with Crippen LogP contribution in [0.5, 0.6) is 0 Å². The van der Waals surface area contributed by atoms with E-state index in [4.69, 9.17) is 0 Å². The lowest BCUT2D eigenvalue weighted by Crippen LogP contribution is -2.33. The van der Waals surface area contributed by atoms with Gasteiger partial charge >= 0.3 is 5.97 Å². The molecule has 1 aliphatic heterocycles. The molecule has 1 heterocycles. The van der Waals surface area contributed by atoms with E-state index in [0.717, 1.165) is 13.0 Å². The zero-order valence-corrected chi connectivity index (χ0v) is 7.33. The van der Waals surface area contributed by atoms with Gasteiger partial charge in [-0.15, -0.1) is 0 Å². The summed E-state index contributed by atoms with van der Waals surface area (Å²) in [5.41, 5.74) is 0. The third-order valence-corrected chi connectivity index (χ3v) is 2.23. The Morgan fingerprint density at radius 1 is 1.64 bits per heavy atom. The summed E-state index contributed by atoms with van der Waals surface area (Å²) >= 11 is 0. The van der Waals surface area contributed by atoms with Crippen LogP contribution in [0.15, 0.2) is 0 Å². The Kier molecular flexibility index (Phi) is 2.49. The Morgan fingerprint density at radius 3 is 2.64 bits per heavy atom. The number of ether oxygens (including phenoxy) is 1. The van der Waals surface area contributed by atoms with Gasteiger partial charge in [-0.3, -0.25) is 9.69 Å². The van der Waals surface area contributed by atoms with Crippen LogP contribution in [0.4, 0.5) is 0 Å². The Bertz CT molecular complexity index is 158. The highest BCUT2D eigenvalue weighted by atomic mass is 16.5. The van der Waals surface area contributed by atoms with Crippen molar-refractivity contribution in [1.82, 2.24) is 4.90 Å². The lowest BCUT2D eigenvalue weighted by molar-refractivity contribution is -0.145. The minimum atomic E-state index is -0.100. The third-order valence-electron chi connectivity index (χ3n) is 2.23. The maximum Gasteiger partial charge on any atom is 0.323 e. The highest BCUT2D eigenvalue weighted by Gasteiger charge is 2.32. The summed E-state index contributed by atoms with van der Waals surface area (Å²) < 4.78 is 4.67. The molecule has 0 saturated carbocycles. The minimum Gasteiger partial charge on any atom is -0.468 e. The second-order valence-corrected chi connectivity index (χ2v) is 3.32. The molecule has 0 amide bonds. The predicted molar refractivity (Wildman–Crippen MR) is 42.2 cm³/mol. The predicted octanol–water partition coefficient (Wildman–Crippen LogP) is 0.500. The van der Waals surface area contributed by atoms with Crippen molar-refractivity contribution >= 4 is 5.97 Å². The largest absolute Gasteiger partial charge is 0.468 e. The van der Waals surface area contributed by atoms with Gasteiger partial charge in [0.15, 0.2) is 0 Å². The molecule has 0 aromatic rings. The summed E-state index contributed by atoms with van der Waals surface area (Å²) in [6.07, 6.45) is 0.934. The van der Waals surface area contributed by atoms with Gasteiger partial charge in [-0.05, 0) is 19.4 Å². The van der Waals surface area contributed by atoms with E-state index in [1.807, 2.05) is 7.05 Å². The molecule has 0 spiro atoms. The second kappa shape index (κ2) is 3.22. The standard InChI is InChI=1S/C8H15NO2/c1-6-4-7(8(10)11-3)9(2)5-6/h6-7H,4-5H2,1-3H3/t6-,7?/m1/s1. The molecule has 1 aliphatic rings. The van der Waals surface area contributed by atoms with Gasteiger partial charge in [0.05, 0.1) is 7.11 Å². The van der Waals surface area contributed by atoms with Crippen molar-refractivity contribution in [2.45, 2.75) is 19.4 Å². The van der Waals surface area contributed by atoms with Crippen LogP contribution in [-0.2, 0) is 9.53 Å². The monoisotopic (exact) mass is 157 g/mol. The molecule has 0 aliphatic carbocycles. The summed E-state index contributed by atoms with van der Waals surface area (Å²) in [4.78, 5) is 13.2. The van der Waals surface area contributed by atoms with Gasteiger partial charge in [-0.2, -0.15) is 0 Å². The topological polar surface area (TPSA) is 29.5 Å². The molecule has 3 nitrogen and oxygen atoms in total.